The molecular formula is C34H29N5O2. The Morgan fingerprint density at radius 2 is 1.46 bits per heavy atom. The quantitative estimate of drug-likeness (QED) is 0.181. The normalized spacial score (nSPS) is 10.9. The number of carbonyl (C=O) groups is 1. The molecule has 0 spiro atoms. The van der Waals surface area contributed by atoms with Gasteiger partial charge < -0.3 is 20.4 Å². The summed E-state index contributed by atoms with van der Waals surface area (Å²) < 4.78 is 6.30. The molecule has 0 aliphatic carbocycles. The number of nitrogens with zero attached hydrogens (tertiary/aromatic N) is 2. The standard InChI is InChI=1S/C34H29N5O2/c1-23-9-8-14-28(21-23)39-34(40)38-27-17-15-24(16-18-27)19-20-35-32-30-29(25-10-4-2-5-11-25)31(26-12-6-3-7-13-26)41-33(30)37-22-36-32/h2-18,21-22H,19-20H2,1H3,(H,35,36,37)(H2,38,39,40). The summed E-state index contributed by atoms with van der Waals surface area (Å²) in [5, 5.41) is 10.1. The van der Waals surface area contributed by atoms with Crippen molar-refractivity contribution in [1.29, 1.82) is 0 Å². The predicted octanol–water partition coefficient (Wildman–Crippen LogP) is 8.16. The lowest BCUT2D eigenvalue weighted by atomic mass is 9.99. The molecule has 2 aromatic heterocycles. The van der Waals surface area contributed by atoms with Gasteiger partial charge in [0, 0.05) is 29.0 Å². The molecule has 0 unspecified atom stereocenters. The number of carbonyl (C=O) groups excluding carboxylic acids is 1. The molecule has 0 aliphatic rings. The number of benzene rings is 4. The lowest BCUT2D eigenvalue weighted by Gasteiger charge is -2.10. The second kappa shape index (κ2) is 11.8. The van der Waals surface area contributed by atoms with Gasteiger partial charge in [-0.3, -0.25) is 0 Å². The van der Waals surface area contributed by atoms with Crippen molar-refractivity contribution in [1.82, 2.24) is 9.97 Å². The highest BCUT2D eigenvalue weighted by atomic mass is 16.3. The van der Waals surface area contributed by atoms with E-state index in [4.69, 9.17) is 4.42 Å². The van der Waals surface area contributed by atoms with Gasteiger partial charge in [0.15, 0.2) is 0 Å². The molecule has 0 saturated heterocycles. The Kier molecular flexibility index (Phi) is 7.40. The fourth-order valence-electron chi connectivity index (χ4n) is 4.84. The number of amides is 2. The van der Waals surface area contributed by atoms with Crippen LogP contribution in [0.25, 0.3) is 33.6 Å². The highest BCUT2D eigenvalue weighted by Gasteiger charge is 2.21. The number of hydrogen-bond donors (Lipinski definition) is 3. The van der Waals surface area contributed by atoms with Crippen LogP contribution in [0, 0.1) is 6.92 Å². The van der Waals surface area contributed by atoms with E-state index in [0.717, 1.165) is 62.6 Å². The Balaban J connectivity index is 1.17. The van der Waals surface area contributed by atoms with E-state index in [1.807, 2.05) is 104 Å². The van der Waals surface area contributed by atoms with Crippen LogP contribution in [0.5, 0.6) is 0 Å². The summed E-state index contributed by atoms with van der Waals surface area (Å²) in [6, 6.07) is 35.5. The molecule has 41 heavy (non-hydrogen) atoms. The Morgan fingerprint density at radius 3 is 2.20 bits per heavy atom. The predicted molar refractivity (Wildman–Crippen MR) is 165 cm³/mol. The molecule has 3 N–H and O–H groups in total. The molecule has 2 heterocycles. The number of hydrogen-bond acceptors (Lipinski definition) is 5. The molecule has 202 valence electrons. The number of urea groups is 1. The first-order valence-corrected chi connectivity index (χ1v) is 13.5. The fourth-order valence-corrected chi connectivity index (χ4v) is 4.84. The summed E-state index contributed by atoms with van der Waals surface area (Å²) in [5.74, 6) is 1.50. The zero-order chi connectivity index (χ0) is 28.0. The maximum absolute atomic E-state index is 12.4. The summed E-state index contributed by atoms with van der Waals surface area (Å²) in [4.78, 5) is 21.4. The van der Waals surface area contributed by atoms with E-state index in [1.165, 1.54) is 6.33 Å². The summed E-state index contributed by atoms with van der Waals surface area (Å²) in [5.41, 5.74) is 7.23. The third-order valence-electron chi connectivity index (χ3n) is 6.78. The maximum Gasteiger partial charge on any atom is 0.323 e. The SMILES string of the molecule is Cc1cccc(NC(=O)Nc2ccc(CCNc3ncnc4oc(-c5ccccc5)c(-c5ccccc5)c34)cc2)c1. The van der Waals surface area contributed by atoms with Crippen LogP contribution in [0.2, 0.25) is 0 Å². The van der Waals surface area contributed by atoms with Crippen molar-refractivity contribution in [3.63, 3.8) is 0 Å². The smallest absolute Gasteiger partial charge is 0.323 e. The van der Waals surface area contributed by atoms with Gasteiger partial charge in [0.25, 0.3) is 0 Å². The number of fused-ring (bicyclic) bond motifs is 1. The van der Waals surface area contributed by atoms with Crippen molar-refractivity contribution in [2.24, 2.45) is 0 Å². The summed E-state index contributed by atoms with van der Waals surface area (Å²) in [7, 11) is 0. The van der Waals surface area contributed by atoms with Crippen molar-refractivity contribution in [3.05, 3.63) is 127 Å². The number of anilines is 3. The first-order chi connectivity index (χ1) is 20.1. The number of rotatable bonds is 8. The van der Waals surface area contributed by atoms with E-state index in [9.17, 15) is 4.79 Å². The zero-order valence-electron chi connectivity index (χ0n) is 22.6. The van der Waals surface area contributed by atoms with Crippen LogP contribution in [0.3, 0.4) is 0 Å². The van der Waals surface area contributed by atoms with Gasteiger partial charge in [-0.05, 0) is 54.3 Å². The first kappa shape index (κ1) is 25.8. The van der Waals surface area contributed by atoms with Gasteiger partial charge in [-0.1, -0.05) is 84.9 Å². The van der Waals surface area contributed by atoms with E-state index in [2.05, 4.69) is 38.1 Å². The van der Waals surface area contributed by atoms with Gasteiger partial charge in [-0.2, -0.15) is 0 Å². The van der Waals surface area contributed by atoms with Crippen molar-refractivity contribution in [2.75, 3.05) is 22.5 Å². The van der Waals surface area contributed by atoms with Gasteiger partial charge in [0.1, 0.15) is 17.9 Å². The molecular weight excluding hydrogens is 510 g/mol. The third-order valence-corrected chi connectivity index (χ3v) is 6.78. The van der Waals surface area contributed by atoms with Crippen LogP contribution in [-0.2, 0) is 6.42 Å². The van der Waals surface area contributed by atoms with E-state index in [0.29, 0.717) is 12.3 Å². The Hall–Kier alpha value is -5.43. The number of aromatic nitrogens is 2. The van der Waals surface area contributed by atoms with Crippen LogP contribution in [0.4, 0.5) is 22.0 Å². The monoisotopic (exact) mass is 539 g/mol. The molecule has 0 saturated carbocycles. The zero-order valence-corrected chi connectivity index (χ0v) is 22.6. The number of nitrogens with one attached hydrogen (secondary N) is 3. The Labute approximate surface area is 238 Å². The van der Waals surface area contributed by atoms with Gasteiger partial charge in [0.2, 0.25) is 5.71 Å². The van der Waals surface area contributed by atoms with Gasteiger partial charge >= 0.3 is 6.03 Å². The maximum atomic E-state index is 12.4. The molecule has 0 bridgehead atoms. The van der Waals surface area contributed by atoms with E-state index in [1.54, 1.807) is 0 Å². The summed E-state index contributed by atoms with van der Waals surface area (Å²) in [6.07, 6.45) is 2.30. The molecule has 6 rings (SSSR count). The molecule has 2 amide bonds. The molecule has 0 radical (unpaired) electrons. The molecule has 4 aromatic carbocycles. The van der Waals surface area contributed by atoms with Crippen molar-refractivity contribution in [3.8, 4) is 22.5 Å². The van der Waals surface area contributed by atoms with Crippen LogP contribution in [0.1, 0.15) is 11.1 Å². The minimum atomic E-state index is -0.276. The highest BCUT2D eigenvalue weighted by molar-refractivity contribution is 6.05. The molecule has 0 atom stereocenters. The fraction of sp³-hybridized carbons (Fsp3) is 0.0882. The average molecular weight is 540 g/mol. The number of furan rings is 1. The lowest BCUT2D eigenvalue weighted by Crippen LogP contribution is -2.19. The second-order valence-corrected chi connectivity index (χ2v) is 9.76. The van der Waals surface area contributed by atoms with Gasteiger partial charge in [0.05, 0.1) is 5.39 Å². The second-order valence-electron chi connectivity index (χ2n) is 9.76. The van der Waals surface area contributed by atoms with Crippen molar-refractivity contribution < 1.29 is 9.21 Å². The molecule has 6 aromatic rings. The third kappa shape index (κ3) is 5.94. The largest absolute Gasteiger partial charge is 0.437 e. The van der Waals surface area contributed by atoms with Crippen LogP contribution >= 0.6 is 0 Å². The highest BCUT2D eigenvalue weighted by Crippen LogP contribution is 2.42. The molecule has 7 heteroatoms. The van der Waals surface area contributed by atoms with Gasteiger partial charge in [-0.15, -0.1) is 0 Å². The minimum Gasteiger partial charge on any atom is -0.437 e. The summed E-state index contributed by atoms with van der Waals surface area (Å²) in [6.45, 7) is 2.65. The van der Waals surface area contributed by atoms with E-state index in [-0.39, 0.29) is 6.03 Å². The van der Waals surface area contributed by atoms with Crippen molar-refractivity contribution in [2.45, 2.75) is 13.3 Å². The number of aryl methyl sites for hydroxylation is 1. The van der Waals surface area contributed by atoms with Crippen LogP contribution < -0.4 is 16.0 Å². The van der Waals surface area contributed by atoms with E-state index < -0.39 is 0 Å². The summed E-state index contributed by atoms with van der Waals surface area (Å²) >= 11 is 0. The van der Waals surface area contributed by atoms with Crippen LogP contribution in [-0.4, -0.2) is 22.5 Å². The van der Waals surface area contributed by atoms with Crippen molar-refractivity contribution >= 4 is 34.3 Å². The molecule has 7 nitrogen and oxygen atoms in total. The molecule has 0 fully saturated rings. The Morgan fingerprint density at radius 1 is 0.756 bits per heavy atom. The van der Waals surface area contributed by atoms with Gasteiger partial charge in [-0.25, -0.2) is 14.8 Å². The first-order valence-electron chi connectivity index (χ1n) is 13.5. The molecule has 0 aliphatic heterocycles. The lowest BCUT2D eigenvalue weighted by molar-refractivity contribution is 0.262. The Bertz CT molecular complexity index is 1780. The topological polar surface area (TPSA) is 92.1 Å². The minimum absolute atomic E-state index is 0.276. The van der Waals surface area contributed by atoms with E-state index >= 15 is 0 Å². The average Bonchev–Trinajstić information content (AvgIpc) is 3.40. The van der Waals surface area contributed by atoms with Crippen LogP contribution in [0.15, 0.2) is 120 Å².